The Labute approximate surface area is 121 Å². The van der Waals surface area contributed by atoms with Crippen molar-refractivity contribution in [1.29, 1.82) is 0 Å². The third-order valence-electron chi connectivity index (χ3n) is 2.93. The molecular weight excluding hydrogens is 276 g/mol. The summed E-state index contributed by atoms with van der Waals surface area (Å²) in [4.78, 5) is 12.0. The molecule has 0 aromatic heterocycles. The number of sulfonamides is 1. The molecule has 1 aromatic rings. The first kappa shape index (κ1) is 16.5. The van der Waals surface area contributed by atoms with Crippen molar-refractivity contribution in [2.45, 2.75) is 33.2 Å². The molecule has 0 radical (unpaired) electrons. The number of nitrogens with one attached hydrogen (secondary N) is 1. The van der Waals surface area contributed by atoms with E-state index in [0.717, 1.165) is 22.5 Å². The number of nitrogens with zero attached hydrogens (tertiary/aromatic N) is 1. The zero-order valence-electron chi connectivity index (χ0n) is 12.4. The van der Waals surface area contributed by atoms with Crippen LogP contribution < -0.4 is 9.62 Å². The van der Waals surface area contributed by atoms with Gasteiger partial charge in [0.05, 0.1) is 11.9 Å². The van der Waals surface area contributed by atoms with Crippen LogP contribution in [0.1, 0.15) is 25.8 Å². The minimum absolute atomic E-state index is 0.294. The van der Waals surface area contributed by atoms with Crippen LogP contribution in [0.5, 0.6) is 0 Å². The molecule has 0 heterocycles. The number of benzene rings is 1. The summed E-state index contributed by atoms with van der Waals surface area (Å²) in [5.41, 5.74) is 1.53. The van der Waals surface area contributed by atoms with Crippen molar-refractivity contribution in [3.8, 4) is 0 Å². The van der Waals surface area contributed by atoms with Crippen LogP contribution in [0, 0.1) is 6.92 Å². The second-order valence-electron chi connectivity index (χ2n) is 4.86. The van der Waals surface area contributed by atoms with Crippen molar-refractivity contribution >= 4 is 21.6 Å². The van der Waals surface area contributed by atoms with E-state index in [1.54, 1.807) is 19.1 Å². The number of carbonyl (C=O) groups is 1. The van der Waals surface area contributed by atoms with Gasteiger partial charge in [-0.15, -0.1) is 0 Å². The number of amides is 1. The summed E-state index contributed by atoms with van der Waals surface area (Å²) in [6.45, 7) is 5.99. The average molecular weight is 298 g/mol. The Morgan fingerprint density at radius 3 is 2.30 bits per heavy atom. The van der Waals surface area contributed by atoms with Crippen molar-refractivity contribution in [3.05, 3.63) is 29.8 Å². The quantitative estimate of drug-likeness (QED) is 0.869. The van der Waals surface area contributed by atoms with Gasteiger partial charge in [-0.3, -0.25) is 9.10 Å². The molecule has 6 heteroatoms. The number of hydrogen-bond acceptors (Lipinski definition) is 3. The molecule has 0 aliphatic rings. The molecule has 1 amide bonds. The number of anilines is 1. The molecule has 0 unspecified atom stereocenters. The number of hydrogen-bond donors (Lipinski definition) is 1. The molecule has 20 heavy (non-hydrogen) atoms. The molecular formula is C14H22N2O3S. The molecule has 1 rings (SSSR count). The molecule has 0 saturated carbocycles. The first-order valence-corrected chi connectivity index (χ1v) is 8.46. The highest BCUT2D eigenvalue weighted by Crippen LogP contribution is 2.21. The lowest BCUT2D eigenvalue weighted by atomic mass is 10.2. The first-order valence-electron chi connectivity index (χ1n) is 6.61. The molecule has 0 aliphatic heterocycles. The maximum atomic E-state index is 12.0. The zero-order valence-corrected chi connectivity index (χ0v) is 13.2. The van der Waals surface area contributed by atoms with Crippen LogP contribution in [0.25, 0.3) is 0 Å². The third-order valence-corrected chi connectivity index (χ3v) is 4.17. The van der Waals surface area contributed by atoms with Gasteiger partial charge in [0.2, 0.25) is 15.9 Å². The lowest BCUT2D eigenvalue weighted by molar-refractivity contribution is -0.121. The summed E-state index contributed by atoms with van der Waals surface area (Å²) in [6, 6.07) is 6.29. The Balaban J connectivity index is 3.08. The summed E-state index contributed by atoms with van der Waals surface area (Å²) in [5.74, 6) is -0.294. The fraction of sp³-hybridized carbons (Fsp3) is 0.500. The van der Waals surface area contributed by atoms with E-state index in [1.807, 2.05) is 26.0 Å². The second kappa shape index (κ2) is 6.74. The molecule has 1 aromatic carbocycles. The lowest BCUT2D eigenvalue weighted by Gasteiger charge is -2.28. The lowest BCUT2D eigenvalue weighted by Crippen LogP contribution is -2.48. The first-order chi connectivity index (χ1) is 9.27. The highest BCUT2D eigenvalue weighted by atomic mass is 32.2. The Bertz CT molecular complexity index is 552. The highest BCUT2D eigenvalue weighted by Gasteiger charge is 2.28. The number of carbonyl (C=O) groups excluding carboxylic acids is 1. The van der Waals surface area contributed by atoms with E-state index < -0.39 is 16.1 Å². The highest BCUT2D eigenvalue weighted by molar-refractivity contribution is 7.92. The summed E-state index contributed by atoms with van der Waals surface area (Å²) in [7, 11) is -3.53. The number of rotatable bonds is 6. The maximum Gasteiger partial charge on any atom is 0.243 e. The Kier molecular flexibility index (Phi) is 5.56. The van der Waals surface area contributed by atoms with Crippen molar-refractivity contribution < 1.29 is 13.2 Å². The van der Waals surface area contributed by atoms with Crippen molar-refractivity contribution in [1.82, 2.24) is 5.32 Å². The van der Waals surface area contributed by atoms with Crippen LogP contribution in [0.3, 0.4) is 0 Å². The van der Waals surface area contributed by atoms with Gasteiger partial charge in [0.1, 0.15) is 6.04 Å². The Hall–Kier alpha value is -1.56. The maximum absolute atomic E-state index is 12.0. The van der Waals surface area contributed by atoms with Gasteiger partial charge in [0, 0.05) is 6.54 Å². The predicted octanol–water partition coefficient (Wildman–Crippen LogP) is 1.68. The van der Waals surface area contributed by atoms with E-state index in [9.17, 15) is 13.2 Å². The molecule has 0 fully saturated rings. The predicted molar refractivity (Wildman–Crippen MR) is 81.3 cm³/mol. The molecule has 1 atom stereocenters. The minimum atomic E-state index is -3.53. The molecule has 5 nitrogen and oxygen atoms in total. The SMILES string of the molecule is CCCNC(=O)[C@H](C)N(c1ccc(C)cc1)S(C)(=O)=O. The van der Waals surface area contributed by atoms with Crippen LogP contribution in [0.15, 0.2) is 24.3 Å². The van der Waals surface area contributed by atoms with Crippen molar-refractivity contribution in [2.24, 2.45) is 0 Å². The topological polar surface area (TPSA) is 66.5 Å². The largest absolute Gasteiger partial charge is 0.354 e. The van der Waals surface area contributed by atoms with Crippen LogP contribution in [-0.4, -0.2) is 33.2 Å². The van der Waals surface area contributed by atoms with Crippen LogP contribution in [-0.2, 0) is 14.8 Å². The minimum Gasteiger partial charge on any atom is -0.354 e. The molecule has 0 bridgehead atoms. The van der Waals surface area contributed by atoms with E-state index in [2.05, 4.69) is 5.32 Å². The second-order valence-corrected chi connectivity index (χ2v) is 6.72. The zero-order chi connectivity index (χ0) is 15.3. The molecule has 112 valence electrons. The van der Waals surface area contributed by atoms with Gasteiger partial charge in [-0.05, 0) is 32.4 Å². The summed E-state index contributed by atoms with van der Waals surface area (Å²) in [5, 5.41) is 2.72. The van der Waals surface area contributed by atoms with Gasteiger partial charge in [-0.1, -0.05) is 24.6 Å². The Morgan fingerprint density at radius 1 is 1.30 bits per heavy atom. The van der Waals surface area contributed by atoms with Crippen molar-refractivity contribution in [2.75, 3.05) is 17.1 Å². The number of aryl methyl sites for hydroxylation is 1. The van der Waals surface area contributed by atoms with Gasteiger partial charge in [-0.2, -0.15) is 0 Å². The van der Waals surface area contributed by atoms with Crippen LogP contribution >= 0.6 is 0 Å². The molecule has 1 N–H and O–H groups in total. The molecule has 0 saturated heterocycles. The van der Waals surface area contributed by atoms with Gasteiger partial charge < -0.3 is 5.32 Å². The van der Waals surface area contributed by atoms with E-state index in [-0.39, 0.29) is 5.91 Å². The third kappa shape index (κ3) is 4.23. The normalized spacial score (nSPS) is 12.8. The van der Waals surface area contributed by atoms with Crippen LogP contribution in [0.2, 0.25) is 0 Å². The monoisotopic (exact) mass is 298 g/mol. The van der Waals surface area contributed by atoms with Gasteiger partial charge >= 0.3 is 0 Å². The fourth-order valence-electron chi connectivity index (χ4n) is 1.90. The average Bonchev–Trinajstić information content (AvgIpc) is 2.36. The fourth-order valence-corrected chi connectivity index (χ4v) is 3.07. The Morgan fingerprint density at radius 2 is 1.85 bits per heavy atom. The van der Waals surface area contributed by atoms with E-state index in [4.69, 9.17) is 0 Å². The van der Waals surface area contributed by atoms with Crippen LogP contribution in [0.4, 0.5) is 5.69 Å². The molecule has 0 aliphatic carbocycles. The van der Waals surface area contributed by atoms with Gasteiger partial charge in [0.15, 0.2) is 0 Å². The smallest absolute Gasteiger partial charge is 0.243 e. The van der Waals surface area contributed by atoms with Gasteiger partial charge in [-0.25, -0.2) is 8.42 Å². The molecule has 0 spiro atoms. The summed E-state index contributed by atoms with van der Waals surface area (Å²) in [6.07, 6.45) is 1.92. The van der Waals surface area contributed by atoms with E-state index in [0.29, 0.717) is 12.2 Å². The van der Waals surface area contributed by atoms with E-state index in [1.165, 1.54) is 0 Å². The van der Waals surface area contributed by atoms with Crippen molar-refractivity contribution in [3.63, 3.8) is 0 Å². The van der Waals surface area contributed by atoms with E-state index >= 15 is 0 Å². The summed E-state index contributed by atoms with van der Waals surface area (Å²) < 4.78 is 25.1. The summed E-state index contributed by atoms with van der Waals surface area (Å²) >= 11 is 0. The standard InChI is InChI=1S/C14H22N2O3S/c1-5-10-15-14(17)12(3)16(20(4,18)19)13-8-6-11(2)7-9-13/h6-9,12H,5,10H2,1-4H3,(H,15,17)/t12-/m0/s1. The van der Waals surface area contributed by atoms with Gasteiger partial charge in [0.25, 0.3) is 0 Å².